The van der Waals surface area contributed by atoms with E-state index < -0.39 is 0 Å². The molecule has 50 valence electrons. The van der Waals surface area contributed by atoms with E-state index in [2.05, 4.69) is 10.1 Å². The Balaban J connectivity index is -0.000000120. The van der Waals surface area contributed by atoms with E-state index in [1.54, 1.807) is 24.7 Å². The topological polar surface area (TPSA) is 0 Å². The molecule has 1 aliphatic heterocycles. The van der Waals surface area contributed by atoms with Crippen LogP contribution in [-0.2, 0) is 24.7 Å². The Morgan fingerprint density at radius 2 is 1.89 bits per heavy atom. The van der Waals surface area contributed by atoms with Crippen LogP contribution in [-0.4, -0.2) is 35.6 Å². The molecule has 0 N–H and O–H groups in total. The molecule has 0 nitrogen and oxygen atoms in total. The van der Waals surface area contributed by atoms with Gasteiger partial charge in [0.25, 0.3) is 0 Å². The van der Waals surface area contributed by atoms with E-state index in [1.807, 2.05) is 1.16 Å². The first-order valence-corrected chi connectivity index (χ1v) is 15.6. The van der Waals surface area contributed by atoms with Crippen LogP contribution >= 0.6 is 0 Å². The molecule has 0 atom stereocenters. The first-order chi connectivity index (χ1) is 2.89. The van der Waals surface area contributed by atoms with Gasteiger partial charge in [-0.2, -0.15) is 0 Å². The molecule has 0 spiro atoms. The van der Waals surface area contributed by atoms with Crippen molar-refractivity contribution in [1.82, 2.24) is 0 Å². The van der Waals surface area contributed by atoms with Crippen LogP contribution < -0.4 is 37.2 Å². The Bertz CT molecular complexity index is 111. The third kappa shape index (κ3) is 8.91. The summed E-state index contributed by atoms with van der Waals surface area (Å²) in [4.78, 5) is 0. The number of hydrogen-bond donors (Lipinski definition) is 0. The van der Waals surface area contributed by atoms with Gasteiger partial charge in [0.1, 0.15) is 0 Å². The number of hydrogen-bond acceptors (Lipinski definition) is 0. The molecule has 0 aromatic heterocycles. The van der Waals surface area contributed by atoms with E-state index in [4.69, 9.17) is 0 Å². The van der Waals surface area contributed by atoms with Gasteiger partial charge in [-0.05, 0) is 0 Å². The zero-order chi connectivity index (χ0) is 4.41. The normalized spacial score (nSPS) is 12.4. The zero-order valence-corrected chi connectivity index (χ0v) is 14.4. The van der Waals surface area contributed by atoms with Gasteiger partial charge in [-0.25, -0.2) is 0 Å². The average Bonchev–Trinajstić information content (AvgIpc) is 1.86. The standard InChI is InChI=1S/C3H2.3ClH.2Sb.Zr.H/c1-3-2;;;;;;;/h1,3H;3*1H;;;;/q;;;;;;+3;/p-3. The van der Waals surface area contributed by atoms with Crippen LogP contribution in [0.15, 0.2) is 10.1 Å². The summed E-state index contributed by atoms with van der Waals surface area (Å²) in [6, 6.07) is 0. The van der Waals surface area contributed by atoms with Crippen LogP contribution in [0.5, 0.6) is 0 Å². The van der Waals surface area contributed by atoms with Gasteiger partial charge in [-0.3, -0.25) is 0 Å². The summed E-state index contributed by atoms with van der Waals surface area (Å²) in [5.74, 6) is 0. The van der Waals surface area contributed by atoms with Crippen molar-refractivity contribution in [3.63, 3.8) is 0 Å². The predicted molar refractivity (Wildman–Crippen MR) is 27.0 cm³/mol. The van der Waals surface area contributed by atoms with Gasteiger partial charge in [0.2, 0.25) is 0 Å². The molecule has 0 saturated heterocycles. The molecule has 6 heteroatoms. The second-order valence-corrected chi connectivity index (χ2v) is 18.3. The average molecular weight is 480 g/mol. The van der Waals surface area contributed by atoms with Crippen molar-refractivity contribution in [2.75, 3.05) is 0 Å². The predicted octanol–water partition coefficient (Wildman–Crippen LogP) is -9.74. The molecule has 0 radical (unpaired) electrons. The summed E-state index contributed by atoms with van der Waals surface area (Å²) in [5, 5.41) is 0. The summed E-state index contributed by atoms with van der Waals surface area (Å²) < 4.78 is 4.32. The van der Waals surface area contributed by atoms with Gasteiger partial charge in [0, 0.05) is 0 Å². The van der Waals surface area contributed by atoms with Crippen LogP contribution in [0.25, 0.3) is 0 Å². The third-order valence-corrected chi connectivity index (χ3v) is 25.6. The monoisotopic (exact) mass is 476 g/mol. The Kier molecular flexibility index (Phi) is 21.9. The van der Waals surface area contributed by atoms with Gasteiger partial charge in [0.15, 0.2) is 0 Å². The maximum absolute atomic E-state index is 2.48. The Labute approximate surface area is 105 Å². The molecule has 1 heterocycles. The van der Waals surface area contributed by atoms with Crippen LogP contribution in [0.3, 0.4) is 0 Å². The van der Waals surface area contributed by atoms with Crippen LogP contribution in [0.4, 0.5) is 0 Å². The summed E-state index contributed by atoms with van der Waals surface area (Å²) in [7, 11) is 0. The minimum absolute atomic E-state index is 0. The molecule has 0 fully saturated rings. The van der Waals surface area contributed by atoms with E-state index in [9.17, 15) is 0 Å². The fourth-order valence-electron chi connectivity index (χ4n) is 0.260. The molecular weight excluding hydrogens is 477 g/mol. The van der Waals surface area contributed by atoms with E-state index in [1.165, 1.54) is 0 Å². The Hall–Kier alpha value is 3.00. The van der Waals surface area contributed by atoms with Crippen molar-refractivity contribution < 1.29 is 61.9 Å². The molecule has 0 aromatic carbocycles. The molecule has 0 aromatic rings. The van der Waals surface area contributed by atoms with Crippen molar-refractivity contribution in [3.8, 4) is 0 Å². The minimum atomic E-state index is 0. The fraction of sp³-hybridized carbons (Fsp3) is 0. The SMILES string of the molecule is [Cl-].[Cl-].[Cl-].[Zr+3][C]1=[Sb][SbH][CH]=C1. The van der Waals surface area contributed by atoms with Gasteiger partial charge in [0.05, 0.1) is 0 Å². The van der Waals surface area contributed by atoms with Crippen molar-refractivity contribution >= 4 is 35.6 Å². The summed E-state index contributed by atoms with van der Waals surface area (Å²) in [6.07, 6.45) is 2.38. The van der Waals surface area contributed by atoms with Crippen LogP contribution in [0, 0.1) is 0 Å². The summed E-state index contributed by atoms with van der Waals surface area (Å²) in [6.45, 7) is 0. The number of allylic oxidation sites excluding steroid dienone is 1. The molecule has 0 bridgehead atoms. The number of halogens is 3. The number of rotatable bonds is 0. The van der Waals surface area contributed by atoms with Gasteiger partial charge >= 0.3 is 70.5 Å². The molecule has 1 aliphatic rings. The van der Waals surface area contributed by atoms with Crippen molar-refractivity contribution in [2.45, 2.75) is 0 Å². The molecule has 0 aliphatic carbocycles. The second-order valence-electron chi connectivity index (χ2n) is 0.959. The second kappa shape index (κ2) is 11.0. The zero-order valence-electron chi connectivity index (χ0n) is 4.24. The van der Waals surface area contributed by atoms with Gasteiger partial charge in [-0.1, -0.05) is 0 Å². The van der Waals surface area contributed by atoms with Crippen molar-refractivity contribution in [2.24, 2.45) is 0 Å². The van der Waals surface area contributed by atoms with E-state index >= 15 is 0 Å². The first-order valence-electron chi connectivity index (χ1n) is 1.61. The summed E-state index contributed by atoms with van der Waals surface area (Å²) >= 11 is 2.33. The fourth-order valence-corrected chi connectivity index (χ4v) is 18.6. The molecule has 9 heavy (non-hydrogen) atoms. The van der Waals surface area contributed by atoms with E-state index in [0.29, 0.717) is 17.0 Å². The summed E-state index contributed by atoms with van der Waals surface area (Å²) in [5.41, 5.74) is 0. The van der Waals surface area contributed by atoms with Gasteiger partial charge in [-0.15, -0.1) is 0 Å². The van der Waals surface area contributed by atoms with Gasteiger partial charge < -0.3 is 37.2 Å². The molecule has 1 rings (SSSR count). The van der Waals surface area contributed by atoms with Crippen LogP contribution in [0.2, 0.25) is 0 Å². The first kappa shape index (κ1) is 17.9. The van der Waals surface area contributed by atoms with E-state index in [-0.39, 0.29) is 54.7 Å². The quantitative estimate of drug-likeness (QED) is 0.303. The molecule has 0 unspecified atom stereocenters. The van der Waals surface area contributed by atoms with E-state index in [0.717, 1.165) is 0 Å². The Morgan fingerprint density at radius 3 is 2.00 bits per heavy atom. The molecular formula is C3H3Cl3Sb2Zr. The van der Waals surface area contributed by atoms with Crippen LogP contribution in [0.1, 0.15) is 0 Å². The Morgan fingerprint density at radius 1 is 1.33 bits per heavy atom. The maximum atomic E-state index is 2.48. The van der Waals surface area contributed by atoms with Crippen molar-refractivity contribution in [1.29, 1.82) is 0 Å². The molecule has 0 amide bonds. The van der Waals surface area contributed by atoms with Crippen molar-refractivity contribution in [3.05, 3.63) is 10.1 Å². The molecule has 0 saturated carbocycles. The third-order valence-electron chi connectivity index (χ3n) is 0.501.